The maximum Gasteiger partial charge on any atom is 0.241 e. The van der Waals surface area contributed by atoms with Crippen LogP contribution in [0.3, 0.4) is 0 Å². The van der Waals surface area contributed by atoms with Gasteiger partial charge in [-0.25, -0.2) is 13.1 Å². The van der Waals surface area contributed by atoms with Crippen LogP contribution < -0.4 is 4.72 Å². The Morgan fingerprint density at radius 2 is 1.86 bits per heavy atom. The first-order valence-corrected chi connectivity index (χ1v) is 8.30. The Balaban J connectivity index is 2.49. The Morgan fingerprint density at radius 1 is 1.14 bits per heavy atom. The van der Waals surface area contributed by atoms with E-state index < -0.39 is 15.6 Å². The molecule has 112 valence electrons. The number of nitrogens with one attached hydrogen (secondary N) is 1. The summed E-state index contributed by atoms with van der Waals surface area (Å²) in [5.41, 5.74) is 0.858. The van der Waals surface area contributed by atoms with Crippen LogP contribution >= 0.6 is 0 Å². The minimum atomic E-state index is -3.59. The quantitative estimate of drug-likeness (QED) is 0.933. The highest BCUT2D eigenvalue weighted by Crippen LogP contribution is 2.20. The van der Waals surface area contributed by atoms with Gasteiger partial charge in [-0.1, -0.05) is 30.4 Å². The van der Waals surface area contributed by atoms with Gasteiger partial charge in [0.25, 0.3) is 0 Å². The van der Waals surface area contributed by atoms with Gasteiger partial charge in [0.1, 0.15) is 0 Å². The first kappa shape index (κ1) is 15.7. The lowest BCUT2D eigenvalue weighted by molar-refractivity contribution is 0.491. The van der Waals surface area contributed by atoms with Crippen molar-refractivity contribution >= 4 is 15.7 Å². The topological polar surface area (TPSA) is 58.5 Å². The van der Waals surface area contributed by atoms with Crippen molar-refractivity contribution in [3.05, 3.63) is 54.3 Å². The predicted molar refractivity (Wildman–Crippen MR) is 86.0 cm³/mol. The summed E-state index contributed by atoms with van der Waals surface area (Å²) in [6.45, 7) is 5.46. The molecule has 1 aromatic rings. The maximum absolute atomic E-state index is 12.6. The fourth-order valence-electron chi connectivity index (χ4n) is 2.07. The molecule has 0 unspecified atom stereocenters. The minimum Gasteiger partial charge on any atom is -0.260 e. The number of sulfonamides is 1. The fraction of sp³-hybridized carbons (Fsp3) is 0.312. The molecule has 0 radical (unpaired) electrons. The first-order valence-electron chi connectivity index (χ1n) is 6.81. The van der Waals surface area contributed by atoms with E-state index >= 15 is 0 Å². The van der Waals surface area contributed by atoms with Crippen LogP contribution in [0.2, 0.25) is 0 Å². The number of hydrogen-bond donors (Lipinski definition) is 1. The van der Waals surface area contributed by atoms with E-state index in [0.29, 0.717) is 12.0 Å². The van der Waals surface area contributed by atoms with Crippen LogP contribution in [0.1, 0.15) is 32.8 Å². The molecule has 0 saturated heterocycles. The second-order valence-corrected chi connectivity index (χ2v) is 7.55. The largest absolute Gasteiger partial charge is 0.260 e. The summed E-state index contributed by atoms with van der Waals surface area (Å²) >= 11 is 0. The van der Waals surface area contributed by atoms with E-state index in [1.165, 1.54) is 0 Å². The van der Waals surface area contributed by atoms with E-state index in [0.717, 1.165) is 5.71 Å². The highest BCUT2D eigenvalue weighted by atomic mass is 32.2. The van der Waals surface area contributed by atoms with Crippen molar-refractivity contribution in [3.8, 4) is 0 Å². The second-order valence-electron chi connectivity index (χ2n) is 5.90. The molecule has 5 heteroatoms. The van der Waals surface area contributed by atoms with E-state index in [-0.39, 0.29) is 4.90 Å². The summed E-state index contributed by atoms with van der Waals surface area (Å²) in [6.07, 6.45) is 7.98. The molecule has 0 saturated carbocycles. The van der Waals surface area contributed by atoms with E-state index in [1.54, 1.807) is 24.4 Å². The van der Waals surface area contributed by atoms with E-state index in [1.807, 2.05) is 45.1 Å². The fourth-order valence-corrected chi connectivity index (χ4v) is 3.72. The Morgan fingerprint density at radius 3 is 2.57 bits per heavy atom. The number of allylic oxidation sites excluding steroid dienone is 3. The third kappa shape index (κ3) is 4.12. The molecular weight excluding hydrogens is 284 g/mol. The van der Waals surface area contributed by atoms with Gasteiger partial charge < -0.3 is 0 Å². The highest BCUT2D eigenvalue weighted by Gasteiger charge is 2.25. The van der Waals surface area contributed by atoms with Crippen LogP contribution in [0.25, 0.3) is 0 Å². The number of nitrogens with zero attached hydrogens (tertiary/aromatic N) is 1. The van der Waals surface area contributed by atoms with E-state index in [4.69, 9.17) is 0 Å². The van der Waals surface area contributed by atoms with Gasteiger partial charge in [-0.05, 0) is 32.9 Å². The van der Waals surface area contributed by atoms with Crippen molar-refractivity contribution in [2.45, 2.75) is 37.6 Å². The van der Waals surface area contributed by atoms with Crippen LogP contribution in [0.4, 0.5) is 0 Å². The van der Waals surface area contributed by atoms with Gasteiger partial charge in [-0.2, -0.15) is 0 Å². The third-order valence-corrected chi connectivity index (χ3v) is 4.62. The molecule has 0 spiro atoms. The third-order valence-electron chi connectivity index (χ3n) is 2.80. The molecule has 0 atom stereocenters. The molecule has 1 N–H and O–H groups in total. The molecule has 4 nitrogen and oxygen atoms in total. The molecule has 0 amide bonds. The molecular formula is C16H20N2O2S. The molecule has 0 bridgehead atoms. The lowest BCUT2D eigenvalue weighted by atomic mass is 10.1. The normalized spacial score (nSPS) is 15.7. The molecule has 1 aliphatic rings. The zero-order chi connectivity index (χ0) is 15.5. The zero-order valence-electron chi connectivity index (χ0n) is 12.5. The Bertz CT molecular complexity index is 708. The van der Waals surface area contributed by atoms with Crippen molar-refractivity contribution < 1.29 is 8.42 Å². The zero-order valence-corrected chi connectivity index (χ0v) is 13.3. The van der Waals surface area contributed by atoms with Crippen LogP contribution in [-0.2, 0) is 10.0 Å². The minimum absolute atomic E-state index is 0.266. The Labute approximate surface area is 126 Å². The Kier molecular flexibility index (Phi) is 4.44. The summed E-state index contributed by atoms with van der Waals surface area (Å²) in [5, 5.41) is 0. The molecule has 1 heterocycles. The average molecular weight is 304 g/mol. The molecule has 0 aromatic heterocycles. The first-order chi connectivity index (χ1) is 9.80. The summed E-state index contributed by atoms with van der Waals surface area (Å²) in [4.78, 5) is 4.61. The predicted octanol–water partition coefficient (Wildman–Crippen LogP) is 3.03. The highest BCUT2D eigenvalue weighted by molar-refractivity contribution is 7.89. The summed E-state index contributed by atoms with van der Waals surface area (Å²) < 4.78 is 27.9. The number of benzene rings is 1. The monoisotopic (exact) mass is 304 g/mol. The summed E-state index contributed by atoms with van der Waals surface area (Å²) in [6, 6.07) is 6.96. The van der Waals surface area contributed by atoms with Gasteiger partial charge in [-0.3, -0.25) is 4.99 Å². The van der Waals surface area contributed by atoms with Crippen molar-refractivity contribution in [1.82, 2.24) is 4.72 Å². The van der Waals surface area contributed by atoms with Gasteiger partial charge in [0, 0.05) is 23.7 Å². The average Bonchev–Trinajstić information content (AvgIpc) is 2.64. The van der Waals surface area contributed by atoms with Crippen molar-refractivity contribution in [2.75, 3.05) is 0 Å². The molecule has 2 rings (SSSR count). The molecule has 21 heavy (non-hydrogen) atoms. The lowest BCUT2D eigenvalue weighted by Gasteiger charge is -2.21. The van der Waals surface area contributed by atoms with Gasteiger partial charge in [-0.15, -0.1) is 0 Å². The molecule has 0 fully saturated rings. The SMILES string of the molecule is CC(C)(C)NS(=O)(=O)c1ccccc1C1=NC=CC=CC1. The number of aliphatic imine (C=N–C) groups is 1. The van der Waals surface area contributed by atoms with Gasteiger partial charge in [0.15, 0.2) is 0 Å². The molecule has 1 aromatic carbocycles. The van der Waals surface area contributed by atoms with Gasteiger partial charge in [0.2, 0.25) is 10.0 Å². The molecule has 1 aliphatic heterocycles. The van der Waals surface area contributed by atoms with Gasteiger partial charge >= 0.3 is 0 Å². The van der Waals surface area contributed by atoms with Crippen LogP contribution in [-0.4, -0.2) is 19.7 Å². The van der Waals surface area contributed by atoms with Crippen molar-refractivity contribution in [1.29, 1.82) is 0 Å². The number of rotatable bonds is 3. The standard InChI is InChI=1S/C16H20N2O2S/c1-16(2,3)18-21(19,20)15-11-7-6-9-13(15)14-10-5-4-8-12-17-14/h4-9,11-12,18H,10H2,1-3H3. The van der Waals surface area contributed by atoms with Crippen LogP contribution in [0.15, 0.2) is 58.6 Å². The second kappa shape index (κ2) is 5.95. The van der Waals surface area contributed by atoms with Crippen LogP contribution in [0.5, 0.6) is 0 Å². The van der Waals surface area contributed by atoms with Crippen molar-refractivity contribution in [2.24, 2.45) is 4.99 Å². The van der Waals surface area contributed by atoms with E-state index in [9.17, 15) is 8.42 Å². The maximum atomic E-state index is 12.6. The summed E-state index contributed by atoms with van der Waals surface area (Å²) in [7, 11) is -3.59. The van der Waals surface area contributed by atoms with Crippen molar-refractivity contribution in [3.63, 3.8) is 0 Å². The lowest BCUT2D eigenvalue weighted by Crippen LogP contribution is -2.41. The van der Waals surface area contributed by atoms with Gasteiger partial charge in [0.05, 0.1) is 10.6 Å². The van der Waals surface area contributed by atoms with E-state index in [2.05, 4.69) is 9.71 Å². The summed E-state index contributed by atoms with van der Waals surface area (Å²) in [5.74, 6) is 0. The number of hydrogen-bond acceptors (Lipinski definition) is 3. The van der Waals surface area contributed by atoms with Crippen LogP contribution in [0, 0.1) is 0 Å². The Hall–Kier alpha value is -1.72. The smallest absolute Gasteiger partial charge is 0.241 e. The molecule has 0 aliphatic carbocycles.